The quantitative estimate of drug-likeness (QED) is 0.297. The molecule has 0 atom stereocenters. The molecule has 0 spiro atoms. The third-order valence-corrected chi connectivity index (χ3v) is 1.68. The molecule has 0 aliphatic carbocycles. The fourth-order valence-electron chi connectivity index (χ4n) is 0.756. The standard InChI is InChI=1S/C10H12N2O2/c1-7(2)9(4)10(12(13)14)5-8(3)6-11/h5,7H,3-4H2,1-2H3/b10-5+. The van der Waals surface area contributed by atoms with Crippen LogP contribution < -0.4 is 0 Å². The maximum absolute atomic E-state index is 10.6. The smallest absolute Gasteiger partial charge is 0.258 e. The molecule has 0 heterocycles. The van der Waals surface area contributed by atoms with Crippen LogP contribution in [0.25, 0.3) is 0 Å². The Morgan fingerprint density at radius 3 is 2.36 bits per heavy atom. The normalized spacial score (nSPS) is 10.9. The predicted octanol–water partition coefficient (Wildman–Crippen LogP) is 2.44. The van der Waals surface area contributed by atoms with E-state index in [1.165, 1.54) is 0 Å². The highest BCUT2D eigenvalue weighted by atomic mass is 16.6. The lowest BCUT2D eigenvalue weighted by Crippen LogP contribution is -2.06. The average molecular weight is 192 g/mol. The Bertz CT molecular complexity index is 346. The predicted molar refractivity (Wildman–Crippen MR) is 53.8 cm³/mol. The number of nitrogens with zero attached hydrogens (tertiary/aromatic N) is 2. The van der Waals surface area contributed by atoms with Gasteiger partial charge < -0.3 is 0 Å². The fourth-order valence-corrected chi connectivity index (χ4v) is 0.756. The van der Waals surface area contributed by atoms with Gasteiger partial charge in [-0.15, -0.1) is 0 Å². The number of rotatable bonds is 4. The van der Waals surface area contributed by atoms with E-state index >= 15 is 0 Å². The summed E-state index contributed by atoms with van der Waals surface area (Å²) in [5.74, 6) is -0.0295. The summed E-state index contributed by atoms with van der Waals surface area (Å²) in [5, 5.41) is 19.1. The maximum Gasteiger partial charge on any atom is 0.273 e. The van der Waals surface area contributed by atoms with E-state index in [1.54, 1.807) is 19.9 Å². The molecule has 0 rings (SSSR count). The Morgan fingerprint density at radius 2 is 2.07 bits per heavy atom. The Kier molecular flexibility index (Phi) is 4.30. The molecule has 0 saturated carbocycles. The Hall–Kier alpha value is -1.89. The van der Waals surface area contributed by atoms with Crippen molar-refractivity contribution >= 4 is 0 Å². The summed E-state index contributed by atoms with van der Waals surface area (Å²) in [6, 6.07) is 1.73. The van der Waals surface area contributed by atoms with Crippen molar-refractivity contribution in [3.05, 3.63) is 46.2 Å². The van der Waals surface area contributed by atoms with Gasteiger partial charge in [-0.25, -0.2) is 0 Å². The van der Waals surface area contributed by atoms with Crippen molar-refractivity contribution in [2.24, 2.45) is 5.92 Å². The lowest BCUT2D eigenvalue weighted by Gasteiger charge is -2.05. The highest BCUT2D eigenvalue weighted by Gasteiger charge is 2.18. The molecule has 0 aromatic carbocycles. The third-order valence-electron chi connectivity index (χ3n) is 1.68. The van der Waals surface area contributed by atoms with Crippen molar-refractivity contribution < 1.29 is 4.92 Å². The molecule has 0 amide bonds. The molecule has 4 heteroatoms. The van der Waals surface area contributed by atoms with Crippen molar-refractivity contribution in [3.63, 3.8) is 0 Å². The van der Waals surface area contributed by atoms with Gasteiger partial charge in [-0.3, -0.25) is 10.1 Å². The summed E-state index contributed by atoms with van der Waals surface area (Å²) in [7, 11) is 0. The first-order chi connectivity index (χ1) is 6.40. The van der Waals surface area contributed by atoms with Crippen molar-refractivity contribution in [3.8, 4) is 6.07 Å². The summed E-state index contributed by atoms with van der Waals surface area (Å²) >= 11 is 0. The van der Waals surface area contributed by atoms with Crippen LogP contribution in [-0.4, -0.2) is 4.92 Å². The topological polar surface area (TPSA) is 66.9 Å². The fraction of sp³-hybridized carbons (Fsp3) is 0.300. The molecule has 4 nitrogen and oxygen atoms in total. The van der Waals surface area contributed by atoms with E-state index in [9.17, 15) is 10.1 Å². The number of nitro groups is 1. The zero-order valence-electron chi connectivity index (χ0n) is 8.28. The molecule has 14 heavy (non-hydrogen) atoms. The first kappa shape index (κ1) is 12.1. The van der Waals surface area contributed by atoms with Crippen LogP contribution in [0, 0.1) is 27.4 Å². The molecule has 0 aromatic heterocycles. The minimum Gasteiger partial charge on any atom is -0.258 e. The van der Waals surface area contributed by atoms with Gasteiger partial charge in [0.05, 0.1) is 16.6 Å². The van der Waals surface area contributed by atoms with Crippen molar-refractivity contribution in [2.45, 2.75) is 13.8 Å². The summed E-state index contributed by atoms with van der Waals surface area (Å²) < 4.78 is 0. The number of hydrogen-bond acceptors (Lipinski definition) is 3. The Balaban J connectivity index is 5.09. The van der Waals surface area contributed by atoms with Gasteiger partial charge >= 0.3 is 0 Å². The molecule has 0 bridgehead atoms. The van der Waals surface area contributed by atoms with Gasteiger partial charge in [-0.1, -0.05) is 27.0 Å². The van der Waals surface area contributed by atoms with Crippen LogP contribution in [0.5, 0.6) is 0 Å². The van der Waals surface area contributed by atoms with E-state index in [2.05, 4.69) is 13.2 Å². The monoisotopic (exact) mass is 192 g/mol. The molecule has 0 fully saturated rings. The van der Waals surface area contributed by atoms with E-state index in [-0.39, 0.29) is 17.2 Å². The zero-order valence-corrected chi connectivity index (χ0v) is 8.28. The molecular formula is C10H12N2O2. The number of nitriles is 1. The average Bonchev–Trinajstić information content (AvgIpc) is 2.11. The first-order valence-electron chi connectivity index (χ1n) is 4.04. The van der Waals surface area contributed by atoms with Crippen LogP contribution in [0.2, 0.25) is 0 Å². The van der Waals surface area contributed by atoms with Crippen molar-refractivity contribution in [1.29, 1.82) is 5.26 Å². The van der Waals surface area contributed by atoms with Gasteiger partial charge in [0.2, 0.25) is 0 Å². The van der Waals surface area contributed by atoms with Gasteiger partial charge in [0.15, 0.2) is 0 Å². The second-order valence-corrected chi connectivity index (χ2v) is 3.10. The summed E-state index contributed by atoms with van der Waals surface area (Å²) in [4.78, 5) is 10.1. The number of allylic oxidation sites excluding steroid dienone is 3. The first-order valence-corrected chi connectivity index (χ1v) is 4.04. The molecule has 0 aliphatic rings. The molecule has 74 valence electrons. The maximum atomic E-state index is 10.6. The van der Waals surface area contributed by atoms with Gasteiger partial charge in [0.25, 0.3) is 5.70 Å². The van der Waals surface area contributed by atoms with Crippen LogP contribution in [0.3, 0.4) is 0 Å². The molecule has 0 saturated heterocycles. The highest BCUT2D eigenvalue weighted by Crippen LogP contribution is 2.18. The summed E-state index contributed by atoms with van der Waals surface area (Å²) in [6.07, 6.45) is 1.14. The summed E-state index contributed by atoms with van der Waals surface area (Å²) in [5.41, 5.74) is 0.302. The second-order valence-electron chi connectivity index (χ2n) is 3.10. The van der Waals surface area contributed by atoms with Gasteiger partial charge in [0, 0.05) is 11.6 Å². The molecule has 0 unspecified atom stereocenters. The van der Waals surface area contributed by atoms with Crippen LogP contribution in [0.15, 0.2) is 36.1 Å². The molecule has 0 aliphatic heterocycles. The van der Waals surface area contributed by atoms with E-state index in [0.29, 0.717) is 5.57 Å². The molecular weight excluding hydrogens is 180 g/mol. The van der Waals surface area contributed by atoms with E-state index in [4.69, 9.17) is 5.26 Å². The summed E-state index contributed by atoms with van der Waals surface area (Å²) in [6.45, 7) is 10.6. The number of hydrogen-bond donors (Lipinski definition) is 0. The highest BCUT2D eigenvalue weighted by molar-refractivity contribution is 5.37. The third kappa shape index (κ3) is 3.23. The van der Waals surface area contributed by atoms with Gasteiger partial charge in [-0.05, 0) is 5.92 Å². The lowest BCUT2D eigenvalue weighted by molar-refractivity contribution is -0.421. The lowest BCUT2D eigenvalue weighted by atomic mass is 10.0. The van der Waals surface area contributed by atoms with Crippen LogP contribution in [0.4, 0.5) is 0 Å². The molecule has 0 radical (unpaired) electrons. The largest absolute Gasteiger partial charge is 0.273 e. The van der Waals surface area contributed by atoms with Crippen molar-refractivity contribution in [2.75, 3.05) is 0 Å². The van der Waals surface area contributed by atoms with Crippen LogP contribution in [0.1, 0.15) is 13.8 Å². The molecule has 0 aromatic rings. The SMILES string of the molecule is C=C(C#N)/C=C(\C(=C)C(C)C)[N+](=O)[O-]. The molecule has 0 N–H and O–H groups in total. The van der Waals surface area contributed by atoms with Gasteiger partial charge in [-0.2, -0.15) is 5.26 Å². The van der Waals surface area contributed by atoms with Crippen LogP contribution >= 0.6 is 0 Å². The second kappa shape index (κ2) is 4.97. The Morgan fingerprint density at radius 1 is 1.57 bits per heavy atom. The zero-order chi connectivity index (χ0) is 11.3. The van der Waals surface area contributed by atoms with Gasteiger partial charge in [0.1, 0.15) is 0 Å². The van der Waals surface area contributed by atoms with Crippen LogP contribution in [-0.2, 0) is 0 Å². The van der Waals surface area contributed by atoms with Crippen molar-refractivity contribution in [1.82, 2.24) is 0 Å². The Labute approximate surface area is 83.0 Å². The van der Waals surface area contributed by atoms with E-state index in [1.807, 2.05) is 0 Å². The van der Waals surface area contributed by atoms with E-state index in [0.717, 1.165) is 6.08 Å². The van der Waals surface area contributed by atoms with E-state index < -0.39 is 4.92 Å². The minimum atomic E-state index is -0.551. The minimum absolute atomic E-state index is 0.0295.